The van der Waals surface area contributed by atoms with Crippen molar-refractivity contribution in [1.29, 1.82) is 0 Å². The lowest BCUT2D eigenvalue weighted by Gasteiger charge is -2.39. The van der Waals surface area contributed by atoms with Crippen LogP contribution in [-0.2, 0) is 0 Å². The summed E-state index contributed by atoms with van der Waals surface area (Å²) in [4.78, 5) is 2.67. The Bertz CT molecular complexity index is 224. The van der Waals surface area contributed by atoms with Crippen LogP contribution in [0.25, 0.3) is 0 Å². The maximum atomic E-state index is 2.67. The van der Waals surface area contributed by atoms with E-state index in [-0.39, 0.29) is 0 Å². The molecule has 76 valence electrons. The largest absolute Gasteiger partial charge is 0.295 e. The van der Waals surface area contributed by atoms with Crippen LogP contribution >= 0.6 is 0 Å². The first-order valence-electron chi connectivity index (χ1n) is 5.53. The highest BCUT2D eigenvalue weighted by atomic mass is 15.3. The minimum Gasteiger partial charge on any atom is -0.295 e. The van der Waals surface area contributed by atoms with Crippen molar-refractivity contribution in [3.05, 3.63) is 0 Å². The van der Waals surface area contributed by atoms with E-state index in [9.17, 15) is 0 Å². The molecule has 2 rings (SSSR count). The maximum absolute atomic E-state index is 2.67. The fourth-order valence-corrected chi connectivity index (χ4v) is 3.55. The molecule has 1 nitrogen and oxygen atoms in total. The zero-order valence-corrected chi connectivity index (χ0v) is 9.89. The molecule has 1 heterocycles. The molecule has 0 aromatic rings. The van der Waals surface area contributed by atoms with Crippen molar-refractivity contribution in [2.75, 3.05) is 6.54 Å². The van der Waals surface area contributed by atoms with E-state index in [4.69, 9.17) is 0 Å². The molecule has 0 aromatic carbocycles. The first-order chi connectivity index (χ1) is 5.76. The number of piperidine rings is 1. The van der Waals surface area contributed by atoms with E-state index in [2.05, 4.69) is 46.4 Å². The van der Waals surface area contributed by atoms with E-state index in [1.165, 1.54) is 6.54 Å². The molecule has 0 aromatic heterocycles. The average molecular weight is 181 g/mol. The fraction of sp³-hybridized carbons (Fsp3) is 1.00. The molecule has 1 saturated heterocycles. The van der Waals surface area contributed by atoms with Crippen molar-refractivity contribution in [1.82, 2.24) is 4.90 Å². The zero-order valence-electron chi connectivity index (χ0n) is 9.89. The molecule has 1 saturated carbocycles. The van der Waals surface area contributed by atoms with Gasteiger partial charge in [0.15, 0.2) is 0 Å². The second-order valence-electron chi connectivity index (χ2n) is 6.52. The Morgan fingerprint density at radius 3 is 2.08 bits per heavy atom. The Kier molecular flexibility index (Phi) is 1.69. The molecule has 0 N–H and O–H groups in total. The Balaban J connectivity index is 2.11. The van der Waals surface area contributed by atoms with Gasteiger partial charge in [0, 0.05) is 18.1 Å². The van der Waals surface area contributed by atoms with Crippen LogP contribution in [0.4, 0.5) is 0 Å². The van der Waals surface area contributed by atoms with Gasteiger partial charge in [-0.2, -0.15) is 0 Å². The Hall–Kier alpha value is -0.0400. The quantitative estimate of drug-likeness (QED) is 0.555. The van der Waals surface area contributed by atoms with Gasteiger partial charge in [-0.3, -0.25) is 4.90 Å². The molecule has 2 fully saturated rings. The van der Waals surface area contributed by atoms with E-state index in [1.54, 1.807) is 0 Å². The standard InChI is InChI=1S/C12H23N/c1-8-10-9(12(10,5)6)7-13(8)11(2,3)4/h8-10H,7H2,1-6H3/t8-,9-,10+/m0/s1. The average Bonchev–Trinajstić information content (AvgIpc) is 2.33. The molecular weight excluding hydrogens is 158 g/mol. The van der Waals surface area contributed by atoms with Gasteiger partial charge in [0.05, 0.1) is 0 Å². The summed E-state index contributed by atoms with van der Waals surface area (Å²) in [5.74, 6) is 1.94. The minimum absolute atomic E-state index is 0.364. The lowest BCUT2D eigenvalue weighted by Crippen LogP contribution is -2.46. The Labute approximate surface area is 82.5 Å². The predicted molar refractivity (Wildman–Crippen MR) is 56.7 cm³/mol. The SMILES string of the molecule is C[C@H]1[C@@H]2[C@H](CN1C(C)(C)C)C2(C)C. The van der Waals surface area contributed by atoms with E-state index in [0.717, 1.165) is 17.9 Å². The summed E-state index contributed by atoms with van der Waals surface area (Å²) in [6, 6.07) is 0.792. The highest BCUT2D eigenvalue weighted by Gasteiger charge is 2.66. The van der Waals surface area contributed by atoms with Crippen LogP contribution in [0.2, 0.25) is 0 Å². The first-order valence-corrected chi connectivity index (χ1v) is 5.53. The normalized spacial score (nSPS) is 43.4. The highest BCUT2D eigenvalue weighted by Crippen LogP contribution is 2.65. The van der Waals surface area contributed by atoms with Crippen LogP contribution in [-0.4, -0.2) is 23.0 Å². The van der Waals surface area contributed by atoms with E-state index in [0.29, 0.717) is 11.0 Å². The number of rotatable bonds is 0. The van der Waals surface area contributed by atoms with E-state index < -0.39 is 0 Å². The molecule has 0 radical (unpaired) electrons. The molecule has 0 unspecified atom stereocenters. The molecular formula is C12H23N. The van der Waals surface area contributed by atoms with Gasteiger partial charge in [-0.1, -0.05) is 13.8 Å². The third kappa shape index (κ3) is 1.16. The number of nitrogens with zero attached hydrogens (tertiary/aromatic N) is 1. The number of hydrogen-bond donors (Lipinski definition) is 0. The smallest absolute Gasteiger partial charge is 0.0128 e. The zero-order chi connectivity index (χ0) is 10.0. The van der Waals surface area contributed by atoms with E-state index >= 15 is 0 Å². The predicted octanol–water partition coefficient (Wildman–Crippen LogP) is 2.76. The monoisotopic (exact) mass is 181 g/mol. The number of hydrogen-bond acceptors (Lipinski definition) is 1. The number of fused-ring (bicyclic) bond motifs is 1. The van der Waals surface area contributed by atoms with Crippen LogP contribution in [0.1, 0.15) is 41.5 Å². The first kappa shape index (κ1) is 9.51. The lowest BCUT2D eigenvalue weighted by molar-refractivity contribution is 0.0889. The summed E-state index contributed by atoms with van der Waals surface area (Å²) in [5, 5.41) is 0. The minimum atomic E-state index is 0.364. The van der Waals surface area contributed by atoms with Crippen LogP contribution in [0.5, 0.6) is 0 Å². The van der Waals surface area contributed by atoms with Crippen molar-refractivity contribution < 1.29 is 0 Å². The van der Waals surface area contributed by atoms with Crippen LogP contribution in [0.3, 0.4) is 0 Å². The molecule has 2 aliphatic rings. The lowest BCUT2D eigenvalue weighted by atomic mass is 9.97. The van der Waals surface area contributed by atoms with Crippen molar-refractivity contribution >= 4 is 0 Å². The van der Waals surface area contributed by atoms with Crippen LogP contribution in [0.15, 0.2) is 0 Å². The summed E-state index contributed by atoms with van der Waals surface area (Å²) in [5.41, 5.74) is 1.00. The Morgan fingerprint density at radius 2 is 1.77 bits per heavy atom. The molecule has 1 aliphatic carbocycles. The van der Waals surface area contributed by atoms with Gasteiger partial charge in [-0.05, 0) is 44.9 Å². The highest BCUT2D eigenvalue weighted by molar-refractivity contribution is 5.16. The van der Waals surface area contributed by atoms with Crippen LogP contribution in [0, 0.1) is 17.3 Å². The Morgan fingerprint density at radius 1 is 1.23 bits per heavy atom. The third-order valence-corrected chi connectivity index (χ3v) is 4.41. The maximum Gasteiger partial charge on any atom is 0.0128 e. The summed E-state index contributed by atoms with van der Waals surface area (Å²) in [6.07, 6.45) is 0. The summed E-state index contributed by atoms with van der Waals surface area (Å²) in [7, 11) is 0. The van der Waals surface area contributed by atoms with Gasteiger partial charge in [0.1, 0.15) is 0 Å². The van der Waals surface area contributed by atoms with Gasteiger partial charge in [0.25, 0.3) is 0 Å². The second-order valence-corrected chi connectivity index (χ2v) is 6.52. The van der Waals surface area contributed by atoms with Gasteiger partial charge in [-0.25, -0.2) is 0 Å². The van der Waals surface area contributed by atoms with Crippen LogP contribution < -0.4 is 0 Å². The van der Waals surface area contributed by atoms with Crippen molar-refractivity contribution in [3.8, 4) is 0 Å². The summed E-state index contributed by atoms with van der Waals surface area (Å²) in [6.45, 7) is 15.6. The fourth-order valence-electron chi connectivity index (χ4n) is 3.55. The second kappa shape index (κ2) is 2.31. The molecule has 0 spiro atoms. The van der Waals surface area contributed by atoms with Gasteiger partial charge in [0.2, 0.25) is 0 Å². The summed E-state index contributed by atoms with van der Waals surface area (Å²) < 4.78 is 0. The molecule has 3 atom stereocenters. The number of likely N-dealkylation sites (tertiary alicyclic amines) is 1. The molecule has 1 aliphatic heterocycles. The van der Waals surface area contributed by atoms with E-state index in [1.807, 2.05) is 0 Å². The molecule has 0 bridgehead atoms. The molecule has 0 amide bonds. The van der Waals surface area contributed by atoms with Crippen molar-refractivity contribution in [2.24, 2.45) is 17.3 Å². The molecule has 1 heteroatoms. The summed E-state index contributed by atoms with van der Waals surface area (Å²) >= 11 is 0. The van der Waals surface area contributed by atoms with Crippen molar-refractivity contribution in [2.45, 2.75) is 53.1 Å². The topological polar surface area (TPSA) is 3.24 Å². The van der Waals surface area contributed by atoms with Gasteiger partial charge < -0.3 is 0 Å². The third-order valence-electron chi connectivity index (χ3n) is 4.41. The van der Waals surface area contributed by atoms with Gasteiger partial charge in [-0.15, -0.1) is 0 Å². The van der Waals surface area contributed by atoms with Gasteiger partial charge >= 0.3 is 0 Å². The molecule has 13 heavy (non-hydrogen) atoms. The van der Waals surface area contributed by atoms with Crippen molar-refractivity contribution in [3.63, 3.8) is 0 Å².